The van der Waals surface area contributed by atoms with Gasteiger partial charge >= 0.3 is 0 Å². The zero-order valence-electron chi connectivity index (χ0n) is 16.3. The van der Waals surface area contributed by atoms with E-state index >= 15 is 0 Å². The van der Waals surface area contributed by atoms with Crippen LogP contribution in [0.3, 0.4) is 0 Å². The van der Waals surface area contributed by atoms with Gasteiger partial charge in [-0.15, -0.1) is 0 Å². The van der Waals surface area contributed by atoms with Gasteiger partial charge in [0.1, 0.15) is 0 Å². The zero-order valence-corrected chi connectivity index (χ0v) is 16.3. The summed E-state index contributed by atoms with van der Waals surface area (Å²) in [6, 6.07) is 0.357. The highest BCUT2D eigenvalue weighted by Gasteiger charge is 2.29. The number of aliphatic imine (C=N–C) groups is 1. The lowest BCUT2D eigenvalue weighted by molar-refractivity contribution is -0.147. The molecule has 2 saturated heterocycles. The van der Waals surface area contributed by atoms with E-state index in [-0.39, 0.29) is 11.8 Å². The zero-order chi connectivity index (χ0) is 19.2. The summed E-state index contributed by atoms with van der Waals surface area (Å²) in [5.41, 5.74) is 0. The van der Waals surface area contributed by atoms with Crippen molar-refractivity contribution in [2.75, 3.05) is 32.7 Å². The molecule has 8 heteroatoms. The van der Waals surface area contributed by atoms with Crippen LogP contribution in [0.2, 0.25) is 0 Å². The van der Waals surface area contributed by atoms with Crippen molar-refractivity contribution in [1.82, 2.24) is 24.7 Å². The fourth-order valence-corrected chi connectivity index (χ4v) is 3.83. The Morgan fingerprint density at radius 1 is 1.33 bits per heavy atom. The van der Waals surface area contributed by atoms with Crippen molar-refractivity contribution in [2.24, 2.45) is 10.9 Å². The van der Waals surface area contributed by atoms with Crippen LogP contribution < -0.4 is 5.32 Å². The number of piperidine rings is 2. The fourth-order valence-electron chi connectivity index (χ4n) is 3.83. The second-order valence-electron chi connectivity index (χ2n) is 7.32. The van der Waals surface area contributed by atoms with Gasteiger partial charge in [-0.05, 0) is 25.7 Å². The summed E-state index contributed by atoms with van der Waals surface area (Å²) in [5.74, 6) is 1.28. The van der Waals surface area contributed by atoms with Crippen LogP contribution in [0.4, 0.5) is 0 Å². The molecule has 1 N–H and O–H groups in total. The molecular formula is C19H30N6O2. The Morgan fingerprint density at radius 3 is 2.78 bits per heavy atom. The molecule has 0 aromatic carbocycles. The van der Waals surface area contributed by atoms with Crippen LogP contribution in [-0.2, 0) is 9.59 Å². The molecule has 3 heterocycles. The number of imidazole rings is 1. The summed E-state index contributed by atoms with van der Waals surface area (Å²) in [7, 11) is 0. The Bertz CT molecular complexity index is 656. The molecule has 148 valence electrons. The van der Waals surface area contributed by atoms with E-state index in [0.717, 1.165) is 32.0 Å². The summed E-state index contributed by atoms with van der Waals surface area (Å²) in [6.45, 7) is 7.71. The predicted octanol–water partition coefficient (Wildman–Crippen LogP) is 1.27. The third-order valence-corrected chi connectivity index (χ3v) is 5.43. The van der Waals surface area contributed by atoms with E-state index in [0.29, 0.717) is 44.3 Å². The number of aromatic nitrogens is 2. The minimum absolute atomic E-state index is 0.0709. The summed E-state index contributed by atoms with van der Waals surface area (Å²) < 4.78 is 2.17. The van der Waals surface area contributed by atoms with Crippen molar-refractivity contribution in [3.63, 3.8) is 0 Å². The van der Waals surface area contributed by atoms with Crippen LogP contribution in [0.25, 0.3) is 0 Å². The summed E-state index contributed by atoms with van der Waals surface area (Å²) in [6.07, 6.45) is 8.39. The molecule has 0 radical (unpaired) electrons. The number of amides is 2. The Morgan fingerprint density at radius 2 is 2.11 bits per heavy atom. The number of imide groups is 1. The van der Waals surface area contributed by atoms with Gasteiger partial charge in [-0.25, -0.2) is 4.98 Å². The number of hydrogen-bond acceptors (Lipinski definition) is 4. The number of nitrogens with zero attached hydrogens (tertiary/aromatic N) is 5. The normalized spacial score (nSPS) is 24.4. The van der Waals surface area contributed by atoms with Crippen LogP contribution in [-0.4, -0.2) is 69.8 Å². The van der Waals surface area contributed by atoms with Gasteiger partial charge in [0.15, 0.2) is 5.96 Å². The van der Waals surface area contributed by atoms with Crippen molar-refractivity contribution >= 4 is 17.8 Å². The molecule has 1 aromatic heterocycles. The number of likely N-dealkylation sites (tertiary alicyclic amines) is 2. The summed E-state index contributed by atoms with van der Waals surface area (Å²) in [5, 5.41) is 3.36. The third-order valence-electron chi connectivity index (χ3n) is 5.43. The highest BCUT2D eigenvalue weighted by Crippen LogP contribution is 2.27. The lowest BCUT2D eigenvalue weighted by Gasteiger charge is -2.39. The second kappa shape index (κ2) is 9.01. The fraction of sp³-hybridized carbons (Fsp3) is 0.684. The number of nitrogens with one attached hydrogen (secondary N) is 1. The molecule has 1 aromatic rings. The Balaban J connectivity index is 1.64. The van der Waals surface area contributed by atoms with Crippen LogP contribution >= 0.6 is 0 Å². The van der Waals surface area contributed by atoms with Crippen LogP contribution in [0.1, 0.15) is 45.6 Å². The molecule has 0 saturated carbocycles. The first-order valence-corrected chi connectivity index (χ1v) is 9.94. The smallest absolute Gasteiger partial charge is 0.229 e. The molecule has 2 atom stereocenters. The van der Waals surface area contributed by atoms with Gasteiger partial charge in [-0.2, -0.15) is 0 Å². The van der Waals surface area contributed by atoms with E-state index in [9.17, 15) is 9.59 Å². The first-order chi connectivity index (χ1) is 13.1. The molecule has 3 rings (SSSR count). The lowest BCUT2D eigenvalue weighted by atomic mass is 9.93. The molecule has 27 heavy (non-hydrogen) atoms. The van der Waals surface area contributed by atoms with Gasteiger partial charge < -0.3 is 14.8 Å². The number of guanidine groups is 1. The van der Waals surface area contributed by atoms with E-state index in [1.54, 1.807) is 0 Å². The average molecular weight is 374 g/mol. The largest absolute Gasteiger partial charge is 0.357 e. The second-order valence-corrected chi connectivity index (χ2v) is 7.32. The number of rotatable bonds is 5. The maximum atomic E-state index is 11.9. The van der Waals surface area contributed by atoms with Crippen molar-refractivity contribution in [2.45, 2.75) is 45.6 Å². The predicted molar refractivity (Wildman–Crippen MR) is 103 cm³/mol. The lowest BCUT2D eigenvalue weighted by Crippen LogP contribution is -2.49. The quantitative estimate of drug-likeness (QED) is 0.477. The SMILES string of the molecule is CCNC(=NCCN1C(=O)CCCC1=O)N1CCC(C)C(n2ccnc2)C1. The molecule has 2 amide bonds. The monoisotopic (exact) mass is 374 g/mol. The van der Waals surface area contributed by atoms with Crippen LogP contribution in [0.15, 0.2) is 23.7 Å². The van der Waals surface area contributed by atoms with Crippen molar-refractivity contribution in [3.8, 4) is 0 Å². The first kappa shape index (κ1) is 19.4. The Kier molecular flexibility index (Phi) is 6.47. The van der Waals surface area contributed by atoms with Crippen molar-refractivity contribution in [1.29, 1.82) is 0 Å². The van der Waals surface area contributed by atoms with E-state index in [1.807, 2.05) is 25.6 Å². The van der Waals surface area contributed by atoms with Crippen molar-refractivity contribution in [3.05, 3.63) is 18.7 Å². The highest BCUT2D eigenvalue weighted by molar-refractivity contribution is 5.97. The average Bonchev–Trinajstić information content (AvgIpc) is 3.18. The van der Waals surface area contributed by atoms with Gasteiger partial charge in [-0.1, -0.05) is 6.92 Å². The van der Waals surface area contributed by atoms with E-state index in [4.69, 9.17) is 4.99 Å². The number of carbonyl (C=O) groups excluding carboxylic acids is 2. The topological polar surface area (TPSA) is 82.8 Å². The molecule has 2 aliphatic heterocycles. The molecule has 8 nitrogen and oxygen atoms in total. The van der Waals surface area contributed by atoms with E-state index < -0.39 is 0 Å². The Labute approximate surface area is 160 Å². The minimum atomic E-state index is -0.0709. The maximum Gasteiger partial charge on any atom is 0.229 e. The molecule has 0 bridgehead atoms. The van der Waals surface area contributed by atoms with Gasteiger partial charge in [0.05, 0.1) is 18.9 Å². The maximum absolute atomic E-state index is 11.9. The highest BCUT2D eigenvalue weighted by atomic mass is 16.2. The Hall–Kier alpha value is -2.38. The number of hydrogen-bond donors (Lipinski definition) is 1. The van der Waals surface area contributed by atoms with E-state index in [2.05, 4.69) is 26.7 Å². The van der Waals surface area contributed by atoms with Gasteiger partial charge in [-0.3, -0.25) is 19.5 Å². The third kappa shape index (κ3) is 4.67. The number of carbonyl (C=O) groups is 2. The first-order valence-electron chi connectivity index (χ1n) is 9.94. The van der Waals surface area contributed by atoms with E-state index in [1.165, 1.54) is 4.90 Å². The molecule has 2 fully saturated rings. The minimum Gasteiger partial charge on any atom is -0.357 e. The van der Waals surface area contributed by atoms with Crippen LogP contribution in [0, 0.1) is 5.92 Å². The molecular weight excluding hydrogens is 344 g/mol. The molecule has 2 unspecified atom stereocenters. The summed E-state index contributed by atoms with van der Waals surface area (Å²) in [4.78, 5) is 36.4. The van der Waals surface area contributed by atoms with Gasteiger partial charge in [0, 0.05) is 51.4 Å². The standard InChI is InChI=1S/C19H30N6O2/c1-3-21-19(22-9-12-25-17(26)5-4-6-18(25)27)23-10-7-15(2)16(13-23)24-11-8-20-14-24/h8,11,14-16H,3-7,9-10,12-13H2,1-2H3,(H,21,22). The van der Waals surface area contributed by atoms with Gasteiger partial charge in [0.25, 0.3) is 0 Å². The molecule has 0 spiro atoms. The molecule has 2 aliphatic rings. The van der Waals surface area contributed by atoms with Crippen molar-refractivity contribution < 1.29 is 9.59 Å². The molecule has 0 aliphatic carbocycles. The van der Waals surface area contributed by atoms with Gasteiger partial charge in [0.2, 0.25) is 11.8 Å². The summed E-state index contributed by atoms with van der Waals surface area (Å²) >= 11 is 0. The van der Waals surface area contributed by atoms with Crippen LogP contribution in [0.5, 0.6) is 0 Å².